The molecular formula is C11H24N2O3. The van der Waals surface area contributed by atoms with Gasteiger partial charge in [-0.25, -0.2) is 0 Å². The number of ether oxygens (including phenoxy) is 2. The van der Waals surface area contributed by atoms with Crippen LogP contribution in [0.4, 0.5) is 0 Å². The molecule has 0 aliphatic rings. The smallest absolute Gasteiger partial charge is 0.236 e. The Balaban J connectivity index is 3.57. The monoisotopic (exact) mass is 232 g/mol. The first kappa shape index (κ1) is 15.3. The third-order valence-corrected chi connectivity index (χ3v) is 2.04. The van der Waals surface area contributed by atoms with E-state index in [0.29, 0.717) is 26.3 Å². The lowest BCUT2D eigenvalue weighted by atomic mass is 10.4. The molecule has 0 spiro atoms. The third-order valence-electron chi connectivity index (χ3n) is 2.04. The fourth-order valence-electron chi connectivity index (χ4n) is 1.16. The first-order valence-electron chi connectivity index (χ1n) is 5.75. The van der Waals surface area contributed by atoms with E-state index in [1.165, 1.54) is 0 Å². The normalized spacial score (nSPS) is 10.8. The van der Waals surface area contributed by atoms with E-state index < -0.39 is 0 Å². The Kier molecular flexibility index (Phi) is 9.18. The van der Waals surface area contributed by atoms with Gasteiger partial charge in [-0.1, -0.05) is 0 Å². The number of nitrogens with zero attached hydrogens (tertiary/aromatic N) is 1. The molecule has 0 aliphatic carbocycles. The molecule has 1 amide bonds. The van der Waals surface area contributed by atoms with Crippen molar-refractivity contribution in [3.63, 3.8) is 0 Å². The van der Waals surface area contributed by atoms with Crippen molar-refractivity contribution in [2.45, 2.75) is 26.6 Å². The van der Waals surface area contributed by atoms with E-state index in [1.54, 1.807) is 19.0 Å². The molecule has 0 unspecified atom stereocenters. The van der Waals surface area contributed by atoms with Crippen molar-refractivity contribution in [3.8, 4) is 0 Å². The molecule has 0 aromatic carbocycles. The SMILES string of the molecule is CCOC(CCNCC(=O)N(C)C)OCC. The van der Waals surface area contributed by atoms with Crippen molar-refractivity contribution in [3.05, 3.63) is 0 Å². The number of rotatable bonds is 9. The maximum atomic E-state index is 11.2. The minimum absolute atomic E-state index is 0.0735. The minimum Gasteiger partial charge on any atom is -0.353 e. The molecule has 0 rings (SSSR count). The number of hydrogen-bond donors (Lipinski definition) is 1. The quantitative estimate of drug-likeness (QED) is 0.463. The van der Waals surface area contributed by atoms with Gasteiger partial charge in [-0.3, -0.25) is 4.79 Å². The van der Waals surface area contributed by atoms with Gasteiger partial charge in [-0.2, -0.15) is 0 Å². The van der Waals surface area contributed by atoms with Crippen LogP contribution in [0.2, 0.25) is 0 Å². The second-order valence-electron chi connectivity index (χ2n) is 3.59. The molecule has 5 heteroatoms. The summed E-state index contributed by atoms with van der Waals surface area (Å²) in [6.07, 6.45) is 0.583. The molecule has 16 heavy (non-hydrogen) atoms. The summed E-state index contributed by atoms with van der Waals surface area (Å²) in [5.74, 6) is 0.0735. The largest absolute Gasteiger partial charge is 0.353 e. The lowest BCUT2D eigenvalue weighted by Gasteiger charge is -2.17. The molecule has 0 saturated carbocycles. The van der Waals surface area contributed by atoms with Crippen molar-refractivity contribution < 1.29 is 14.3 Å². The molecule has 0 aromatic rings. The molecule has 0 aliphatic heterocycles. The topological polar surface area (TPSA) is 50.8 Å². The first-order chi connectivity index (χ1) is 7.61. The Morgan fingerprint density at radius 1 is 1.25 bits per heavy atom. The summed E-state index contributed by atoms with van der Waals surface area (Å²) in [5.41, 5.74) is 0. The Hall–Kier alpha value is -0.650. The average Bonchev–Trinajstić information content (AvgIpc) is 2.24. The van der Waals surface area contributed by atoms with Gasteiger partial charge < -0.3 is 19.7 Å². The van der Waals surface area contributed by atoms with Crippen LogP contribution in [0.15, 0.2) is 0 Å². The summed E-state index contributed by atoms with van der Waals surface area (Å²) in [4.78, 5) is 12.8. The van der Waals surface area contributed by atoms with Gasteiger partial charge in [0, 0.05) is 40.3 Å². The molecule has 0 heterocycles. The summed E-state index contributed by atoms with van der Waals surface area (Å²) in [6.45, 7) is 6.23. The van der Waals surface area contributed by atoms with Crippen molar-refractivity contribution >= 4 is 5.91 Å². The van der Waals surface area contributed by atoms with Crippen LogP contribution in [0.1, 0.15) is 20.3 Å². The lowest BCUT2D eigenvalue weighted by molar-refractivity contribution is -0.139. The highest BCUT2D eigenvalue weighted by Crippen LogP contribution is 1.99. The predicted molar refractivity (Wildman–Crippen MR) is 63.2 cm³/mol. The van der Waals surface area contributed by atoms with E-state index in [-0.39, 0.29) is 12.2 Å². The highest BCUT2D eigenvalue weighted by Gasteiger charge is 2.08. The Morgan fingerprint density at radius 2 is 1.81 bits per heavy atom. The molecule has 0 radical (unpaired) electrons. The minimum atomic E-state index is -0.169. The highest BCUT2D eigenvalue weighted by molar-refractivity contribution is 5.77. The predicted octanol–water partition coefficient (Wildman–Crippen LogP) is 0.453. The summed E-state index contributed by atoms with van der Waals surface area (Å²) in [7, 11) is 3.49. The van der Waals surface area contributed by atoms with Crippen molar-refractivity contribution in [2.75, 3.05) is 40.4 Å². The summed E-state index contributed by atoms with van der Waals surface area (Å²) >= 11 is 0. The van der Waals surface area contributed by atoms with E-state index in [4.69, 9.17) is 9.47 Å². The maximum absolute atomic E-state index is 11.2. The average molecular weight is 232 g/mol. The zero-order chi connectivity index (χ0) is 12.4. The maximum Gasteiger partial charge on any atom is 0.236 e. The second kappa shape index (κ2) is 9.57. The fraction of sp³-hybridized carbons (Fsp3) is 0.909. The van der Waals surface area contributed by atoms with Crippen LogP contribution < -0.4 is 5.32 Å². The standard InChI is InChI=1S/C11H24N2O3/c1-5-15-11(16-6-2)7-8-12-9-10(14)13(3)4/h11-12H,5-9H2,1-4H3. The molecule has 1 N–H and O–H groups in total. The van der Waals surface area contributed by atoms with E-state index in [2.05, 4.69) is 5.32 Å². The Bertz CT molecular complexity index is 180. The second-order valence-corrected chi connectivity index (χ2v) is 3.59. The van der Waals surface area contributed by atoms with Crippen LogP contribution in [0.25, 0.3) is 0 Å². The highest BCUT2D eigenvalue weighted by atomic mass is 16.7. The fourth-order valence-corrected chi connectivity index (χ4v) is 1.16. The van der Waals surface area contributed by atoms with Gasteiger partial charge in [0.25, 0.3) is 0 Å². The number of nitrogens with one attached hydrogen (secondary N) is 1. The van der Waals surface area contributed by atoms with Crippen LogP contribution in [0, 0.1) is 0 Å². The number of carbonyl (C=O) groups is 1. The van der Waals surface area contributed by atoms with E-state index in [9.17, 15) is 4.79 Å². The van der Waals surface area contributed by atoms with Crippen molar-refractivity contribution in [1.82, 2.24) is 10.2 Å². The summed E-state index contributed by atoms with van der Waals surface area (Å²) in [5, 5.41) is 3.06. The molecule has 96 valence electrons. The van der Waals surface area contributed by atoms with Crippen LogP contribution in [0.3, 0.4) is 0 Å². The van der Waals surface area contributed by atoms with Crippen LogP contribution in [0.5, 0.6) is 0 Å². The van der Waals surface area contributed by atoms with E-state index >= 15 is 0 Å². The lowest BCUT2D eigenvalue weighted by Crippen LogP contribution is -2.34. The van der Waals surface area contributed by atoms with Crippen molar-refractivity contribution in [2.24, 2.45) is 0 Å². The van der Waals surface area contributed by atoms with Gasteiger partial charge in [0.1, 0.15) is 0 Å². The van der Waals surface area contributed by atoms with Crippen LogP contribution in [-0.2, 0) is 14.3 Å². The molecular weight excluding hydrogens is 208 g/mol. The molecule has 5 nitrogen and oxygen atoms in total. The number of hydrogen-bond acceptors (Lipinski definition) is 4. The molecule has 0 atom stereocenters. The van der Waals surface area contributed by atoms with Crippen LogP contribution in [-0.4, -0.2) is 57.5 Å². The van der Waals surface area contributed by atoms with Gasteiger partial charge >= 0.3 is 0 Å². The third kappa shape index (κ3) is 7.62. The van der Waals surface area contributed by atoms with Gasteiger partial charge in [-0.05, 0) is 13.8 Å². The summed E-state index contributed by atoms with van der Waals surface area (Å²) < 4.78 is 10.8. The zero-order valence-electron chi connectivity index (χ0n) is 10.8. The Labute approximate surface area is 98.1 Å². The number of carbonyl (C=O) groups excluding carboxylic acids is 1. The van der Waals surface area contributed by atoms with Gasteiger partial charge in [0.2, 0.25) is 5.91 Å². The number of amides is 1. The molecule has 0 saturated heterocycles. The van der Waals surface area contributed by atoms with Gasteiger partial charge in [0.15, 0.2) is 6.29 Å². The van der Waals surface area contributed by atoms with Gasteiger partial charge in [-0.15, -0.1) is 0 Å². The summed E-state index contributed by atoms with van der Waals surface area (Å²) in [6, 6.07) is 0. The van der Waals surface area contributed by atoms with E-state index in [1.807, 2.05) is 13.8 Å². The van der Waals surface area contributed by atoms with Gasteiger partial charge in [0.05, 0.1) is 6.54 Å². The number of likely N-dealkylation sites (N-methyl/N-ethyl adjacent to an activating group) is 1. The van der Waals surface area contributed by atoms with Crippen LogP contribution >= 0.6 is 0 Å². The van der Waals surface area contributed by atoms with Crippen molar-refractivity contribution in [1.29, 1.82) is 0 Å². The molecule has 0 bridgehead atoms. The zero-order valence-corrected chi connectivity index (χ0v) is 10.8. The van der Waals surface area contributed by atoms with E-state index in [0.717, 1.165) is 6.42 Å². The molecule has 0 fully saturated rings. The Morgan fingerprint density at radius 3 is 2.25 bits per heavy atom. The first-order valence-corrected chi connectivity index (χ1v) is 5.75. The molecule has 0 aromatic heterocycles.